The highest BCUT2D eigenvalue weighted by Crippen LogP contribution is 2.24. The van der Waals surface area contributed by atoms with Crippen molar-refractivity contribution in [2.45, 2.75) is 39.7 Å². The van der Waals surface area contributed by atoms with Crippen LogP contribution in [0.2, 0.25) is 0 Å². The third-order valence-corrected chi connectivity index (χ3v) is 3.53. The van der Waals surface area contributed by atoms with Crippen LogP contribution in [-0.4, -0.2) is 25.0 Å². The van der Waals surface area contributed by atoms with Crippen molar-refractivity contribution in [3.8, 4) is 5.75 Å². The van der Waals surface area contributed by atoms with Crippen molar-refractivity contribution in [2.24, 2.45) is 5.92 Å². The van der Waals surface area contributed by atoms with Crippen molar-refractivity contribution in [1.29, 1.82) is 0 Å². The minimum absolute atomic E-state index is 0.157. The van der Waals surface area contributed by atoms with Gasteiger partial charge in [-0.25, -0.2) is 0 Å². The van der Waals surface area contributed by atoms with Crippen LogP contribution in [0.15, 0.2) is 18.2 Å². The van der Waals surface area contributed by atoms with Crippen LogP contribution >= 0.6 is 0 Å². The molecule has 19 heavy (non-hydrogen) atoms. The van der Waals surface area contributed by atoms with Gasteiger partial charge in [0.2, 0.25) is 0 Å². The summed E-state index contributed by atoms with van der Waals surface area (Å²) in [6, 6.07) is 5.78. The number of ether oxygens (including phenoxy) is 1. The first-order valence-electron chi connectivity index (χ1n) is 7.10. The molecule has 0 amide bonds. The maximum Gasteiger partial charge on any atom is 0.166 e. The van der Waals surface area contributed by atoms with Crippen LogP contribution in [-0.2, 0) is 0 Å². The van der Waals surface area contributed by atoms with Crippen molar-refractivity contribution >= 4 is 5.78 Å². The number of rotatable bonds is 4. The Kier molecular flexibility index (Phi) is 4.59. The van der Waals surface area contributed by atoms with Gasteiger partial charge in [0.05, 0.1) is 6.10 Å². The predicted octanol–water partition coefficient (Wildman–Crippen LogP) is 2.96. The molecule has 1 fully saturated rings. The van der Waals surface area contributed by atoms with E-state index in [0.717, 1.165) is 42.8 Å². The number of piperidine rings is 1. The maximum absolute atomic E-state index is 12.4. The summed E-state index contributed by atoms with van der Waals surface area (Å²) >= 11 is 0. The van der Waals surface area contributed by atoms with Gasteiger partial charge in [-0.3, -0.25) is 4.79 Å². The molecule has 1 aliphatic heterocycles. The Bertz CT molecular complexity index is 448. The number of benzene rings is 1. The van der Waals surface area contributed by atoms with E-state index in [1.807, 2.05) is 39.0 Å². The average molecular weight is 261 g/mol. The molecule has 0 aliphatic carbocycles. The summed E-state index contributed by atoms with van der Waals surface area (Å²) in [6.45, 7) is 7.91. The van der Waals surface area contributed by atoms with Crippen LogP contribution in [0, 0.1) is 12.8 Å². The number of hydrogen-bond acceptors (Lipinski definition) is 3. The Morgan fingerprint density at radius 2 is 2.00 bits per heavy atom. The zero-order valence-electron chi connectivity index (χ0n) is 12.0. The number of carbonyl (C=O) groups is 1. The standard InChI is InChI=1S/C16H23NO2/c1-11(2)19-15-5-4-14(10-12(15)3)16(18)13-6-8-17-9-7-13/h4-5,10-11,13,17H,6-9H2,1-3H3. The van der Waals surface area contributed by atoms with E-state index in [9.17, 15) is 4.79 Å². The van der Waals surface area contributed by atoms with Crippen molar-refractivity contribution in [2.75, 3.05) is 13.1 Å². The molecule has 3 heteroatoms. The summed E-state index contributed by atoms with van der Waals surface area (Å²) in [4.78, 5) is 12.4. The van der Waals surface area contributed by atoms with Gasteiger partial charge in [-0.05, 0) is 70.5 Å². The van der Waals surface area contributed by atoms with Gasteiger partial charge in [-0.1, -0.05) is 0 Å². The number of Topliss-reactive ketones (excluding diaryl/α,β-unsaturated/α-hetero) is 1. The van der Waals surface area contributed by atoms with Crippen molar-refractivity contribution < 1.29 is 9.53 Å². The van der Waals surface area contributed by atoms with E-state index in [2.05, 4.69) is 5.32 Å². The predicted molar refractivity (Wildman–Crippen MR) is 76.9 cm³/mol. The largest absolute Gasteiger partial charge is 0.491 e. The molecule has 0 spiro atoms. The number of hydrogen-bond donors (Lipinski definition) is 1. The maximum atomic E-state index is 12.4. The van der Waals surface area contributed by atoms with Gasteiger partial charge in [0.1, 0.15) is 5.75 Å². The lowest BCUT2D eigenvalue weighted by Crippen LogP contribution is -2.31. The van der Waals surface area contributed by atoms with Gasteiger partial charge >= 0.3 is 0 Å². The van der Waals surface area contributed by atoms with E-state index >= 15 is 0 Å². The Morgan fingerprint density at radius 3 is 2.58 bits per heavy atom. The van der Waals surface area contributed by atoms with Crippen LogP contribution in [0.1, 0.15) is 42.6 Å². The van der Waals surface area contributed by atoms with E-state index in [1.165, 1.54) is 0 Å². The van der Waals surface area contributed by atoms with Gasteiger partial charge in [-0.2, -0.15) is 0 Å². The summed E-state index contributed by atoms with van der Waals surface area (Å²) in [5, 5.41) is 3.29. The molecule has 3 nitrogen and oxygen atoms in total. The molecule has 1 heterocycles. The smallest absolute Gasteiger partial charge is 0.166 e. The molecule has 1 saturated heterocycles. The topological polar surface area (TPSA) is 38.3 Å². The highest BCUT2D eigenvalue weighted by molar-refractivity contribution is 5.98. The first-order valence-corrected chi connectivity index (χ1v) is 7.10. The highest BCUT2D eigenvalue weighted by atomic mass is 16.5. The van der Waals surface area contributed by atoms with Crippen LogP contribution in [0.4, 0.5) is 0 Å². The second-order valence-corrected chi connectivity index (χ2v) is 5.54. The lowest BCUT2D eigenvalue weighted by atomic mass is 9.89. The molecule has 0 radical (unpaired) electrons. The quantitative estimate of drug-likeness (QED) is 0.847. The van der Waals surface area contributed by atoms with E-state index < -0.39 is 0 Å². The SMILES string of the molecule is Cc1cc(C(=O)C2CCNCC2)ccc1OC(C)C. The molecular weight excluding hydrogens is 238 g/mol. The third-order valence-electron chi connectivity index (χ3n) is 3.53. The summed E-state index contributed by atoms with van der Waals surface area (Å²) < 4.78 is 5.70. The van der Waals surface area contributed by atoms with E-state index in [0.29, 0.717) is 0 Å². The summed E-state index contributed by atoms with van der Waals surface area (Å²) in [5.74, 6) is 1.33. The number of aryl methyl sites for hydroxylation is 1. The molecule has 0 aromatic heterocycles. The molecule has 0 atom stereocenters. The zero-order valence-corrected chi connectivity index (χ0v) is 12.0. The first-order chi connectivity index (χ1) is 9.08. The lowest BCUT2D eigenvalue weighted by molar-refractivity contribution is 0.0895. The van der Waals surface area contributed by atoms with Crippen LogP contribution in [0.5, 0.6) is 5.75 Å². The van der Waals surface area contributed by atoms with Gasteiger partial charge in [0.25, 0.3) is 0 Å². The fraction of sp³-hybridized carbons (Fsp3) is 0.562. The molecule has 104 valence electrons. The van der Waals surface area contributed by atoms with Crippen molar-refractivity contribution in [3.05, 3.63) is 29.3 Å². The summed E-state index contributed by atoms with van der Waals surface area (Å²) in [7, 11) is 0. The normalized spacial score (nSPS) is 16.6. The highest BCUT2D eigenvalue weighted by Gasteiger charge is 2.22. The molecular formula is C16H23NO2. The molecule has 1 aromatic rings. The van der Waals surface area contributed by atoms with Crippen LogP contribution < -0.4 is 10.1 Å². The Balaban J connectivity index is 2.12. The third kappa shape index (κ3) is 3.57. The number of nitrogens with one attached hydrogen (secondary N) is 1. The van der Waals surface area contributed by atoms with E-state index in [4.69, 9.17) is 4.74 Å². The lowest BCUT2D eigenvalue weighted by Gasteiger charge is -2.22. The zero-order chi connectivity index (χ0) is 13.8. The fourth-order valence-corrected chi connectivity index (χ4v) is 2.51. The Hall–Kier alpha value is -1.35. The minimum Gasteiger partial charge on any atom is -0.491 e. The van der Waals surface area contributed by atoms with Gasteiger partial charge in [0, 0.05) is 11.5 Å². The molecule has 0 saturated carbocycles. The van der Waals surface area contributed by atoms with E-state index in [1.54, 1.807) is 0 Å². The molecule has 1 aromatic carbocycles. The van der Waals surface area contributed by atoms with Crippen molar-refractivity contribution in [1.82, 2.24) is 5.32 Å². The number of carbonyl (C=O) groups excluding carboxylic acids is 1. The van der Waals surface area contributed by atoms with Crippen LogP contribution in [0.3, 0.4) is 0 Å². The van der Waals surface area contributed by atoms with Gasteiger partial charge in [0.15, 0.2) is 5.78 Å². The second-order valence-electron chi connectivity index (χ2n) is 5.54. The minimum atomic E-state index is 0.157. The molecule has 0 bridgehead atoms. The van der Waals surface area contributed by atoms with Crippen molar-refractivity contribution in [3.63, 3.8) is 0 Å². The van der Waals surface area contributed by atoms with Gasteiger partial charge in [-0.15, -0.1) is 0 Å². The first kappa shape index (κ1) is 14.1. The molecule has 1 N–H and O–H groups in total. The fourth-order valence-electron chi connectivity index (χ4n) is 2.51. The van der Waals surface area contributed by atoms with Gasteiger partial charge < -0.3 is 10.1 Å². The van der Waals surface area contributed by atoms with Crippen LogP contribution in [0.25, 0.3) is 0 Å². The monoisotopic (exact) mass is 261 g/mol. The Morgan fingerprint density at radius 1 is 1.32 bits per heavy atom. The summed E-state index contributed by atoms with van der Waals surface area (Å²) in [6.07, 6.45) is 2.05. The molecule has 1 aliphatic rings. The van der Waals surface area contributed by atoms with E-state index in [-0.39, 0.29) is 17.8 Å². The molecule has 2 rings (SSSR count). The summed E-state index contributed by atoms with van der Waals surface area (Å²) in [5.41, 5.74) is 1.86. The Labute approximate surface area is 115 Å². The second kappa shape index (κ2) is 6.20. The number of ketones is 1. The average Bonchev–Trinajstić information content (AvgIpc) is 2.41. The molecule has 0 unspecified atom stereocenters.